The number of hydrogen-bond acceptors (Lipinski definition) is 2. The van der Waals surface area contributed by atoms with E-state index in [9.17, 15) is 4.79 Å². The van der Waals surface area contributed by atoms with E-state index in [-0.39, 0.29) is 12.1 Å². The average Bonchev–Trinajstić information content (AvgIpc) is 2.57. The van der Waals surface area contributed by atoms with Crippen LogP contribution in [0.25, 0.3) is 0 Å². The van der Waals surface area contributed by atoms with Crippen molar-refractivity contribution in [3.63, 3.8) is 0 Å². The maximum absolute atomic E-state index is 11.8. The summed E-state index contributed by atoms with van der Waals surface area (Å²) in [5.74, 6) is 0.381. The first kappa shape index (κ1) is 21.3. The van der Waals surface area contributed by atoms with E-state index in [1.807, 2.05) is 0 Å². The molecule has 0 heterocycles. The molecule has 2 nitrogen and oxygen atoms in total. The van der Waals surface area contributed by atoms with E-state index in [2.05, 4.69) is 13.5 Å². The van der Waals surface area contributed by atoms with Crippen LogP contribution in [0.5, 0.6) is 0 Å². The number of carbonyl (C=O) groups is 1. The Morgan fingerprint density at radius 2 is 1.46 bits per heavy atom. The van der Waals surface area contributed by atoms with Crippen molar-refractivity contribution in [2.45, 2.75) is 116 Å². The number of ether oxygens (including phenoxy) is 1. The van der Waals surface area contributed by atoms with Crippen LogP contribution < -0.4 is 0 Å². The third kappa shape index (κ3) is 9.49. The molecule has 0 aromatic carbocycles. The lowest BCUT2D eigenvalue weighted by atomic mass is 9.83. The van der Waals surface area contributed by atoms with Crippen molar-refractivity contribution in [1.82, 2.24) is 0 Å². The van der Waals surface area contributed by atoms with Crippen molar-refractivity contribution in [2.75, 3.05) is 0 Å². The van der Waals surface area contributed by atoms with Crippen LogP contribution in [0.15, 0.2) is 12.2 Å². The lowest BCUT2D eigenvalue weighted by Gasteiger charge is -2.31. The zero-order chi connectivity index (χ0) is 17.6. The van der Waals surface area contributed by atoms with Gasteiger partial charge in [-0.3, -0.25) is 0 Å². The van der Waals surface area contributed by atoms with Gasteiger partial charge in [0.25, 0.3) is 0 Å². The van der Waals surface area contributed by atoms with Crippen LogP contribution in [-0.4, -0.2) is 12.1 Å². The first-order valence-electron chi connectivity index (χ1n) is 10.5. The molecule has 0 aromatic heterocycles. The van der Waals surface area contributed by atoms with Crippen molar-refractivity contribution in [2.24, 2.45) is 5.92 Å². The predicted molar refractivity (Wildman–Crippen MR) is 103 cm³/mol. The van der Waals surface area contributed by atoms with Gasteiger partial charge in [0.2, 0.25) is 0 Å². The standard InChI is InChI=1S/C22H40O2/c1-4-5-6-7-8-9-10-11-12-13-16-20-17-14-15-18-21(20)24-22(23)19(2)3/h20-21H,2,4-18H2,1,3H3. The van der Waals surface area contributed by atoms with Gasteiger partial charge in [-0.2, -0.15) is 0 Å². The Balaban J connectivity index is 2.07. The van der Waals surface area contributed by atoms with Crippen LogP contribution in [0.1, 0.15) is 110 Å². The van der Waals surface area contributed by atoms with E-state index in [1.54, 1.807) is 6.92 Å². The largest absolute Gasteiger partial charge is 0.459 e. The van der Waals surface area contributed by atoms with Crippen molar-refractivity contribution < 1.29 is 9.53 Å². The Kier molecular flexibility index (Phi) is 12.0. The van der Waals surface area contributed by atoms with Crippen LogP contribution in [-0.2, 0) is 9.53 Å². The third-order valence-corrected chi connectivity index (χ3v) is 5.37. The van der Waals surface area contributed by atoms with E-state index < -0.39 is 0 Å². The minimum atomic E-state index is -0.199. The molecule has 0 amide bonds. The fourth-order valence-electron chi connectivity index (χ4n) is 3.79. The first-order valence-corrected chi connectivity index (χ1v) is 10.5. The maximum Gasteiger partial charge on any atom is 0.333 e. The molecule has 2 heteroatoms. The second-order valence-electron chi connectivity index (χ2n) is 7.74. The Bertz CT molecular complexity index is 348. The monoisotopic (exact) mass is 336 g/mol. The fourth-order valence-corrected chi connectivity index (χ4v) is 3.79. The summed E-state index contributed by atoms with van der Waals surface area (Å²) >= 11 is 0. The molecule has 0 N–H and O–H groups in total. The van der Waals surface area contributed by atoms with Gasteiger partial charge in [0.05, 0.1) is 0 Å². The highest BCUT2D eigenvalue weighted by Crippen LogP contribution is 2.31. The molecule has 1 aliphatic rings. The predicted octanol–water partition coefficient (Wildman–Crippen LogP) is 6.98. The van der Waals surface area contributed by atoms with Gasteiger partial charge in [-0.1, -0.05) is 84.1 Å². The summed E-state index contributed by atoms with van der Waals surface area (Å²) in [6.45, 7) is 7.71. The van der Waals surface area contributed by atoms with E-state index in [0.717, 1.165) is 6.42 Å². The molecule has 0 radical (unpaired) electrons. The SMILES string of the molecule is C=C(C)C(=O)OC1CCCCC1CCCCCCCCCCCC. The molecule has 1 fully saturated rings. The van der Waals surface area contributed by atoms with Crippen LogP contribution in [0, 0.1) is 5.92 Å². The molecule has 0 saturated heterocycles. The summed E-state index contributed by atoms with van der Waals surface area (Å²) in [6.07, 6.45) is 19.9. The smallest absolute Gasteiger partial charge is 0.333 e. The number of unbranched alkanes of at least 4 members (excludes halogenated alkanes) is 9. The van der Waals surface area contributed by atoms with Crippen LogP contribution in [0.4, 0.5) is 0 Å². The van der Waals surface area contributed by atoms with Crippen molar-refractivity contribution in [1.29, 1.82) is 0 Å². The second-order valence-corrected chi connectivity index (χ2v) is 7.74. The second kappa shape index (κ2) is 13.5. The van der Waals surface area contributed by atoms with Gasteiger partial charge >= 0.3 is 5.97 Å². The molecule has 0 aliphatic heterocycles. The number of hydrogen-bond donors (Lipinski definition) is 0. The van der Waals surface area contributed by atoms with Crippen molar-refractivity contribution in [3.8, 4) is 0 Å². The fraction of sp³-hybridized carbons (Fsp3) is 0.864. The Hall–Kier alpha value is -0.790. The van der Waals surface area contributed by atoms with E-state index in [4.69, 9.17) is 4.74 Å². The van der Waals surface area contributed by atoms with Gasteiger partial charge in [0, 0.05) is 5.57 Å². The lowest BCUT2D eigenvalue weighted by Crippen LogP contribution is -2.30. The average molecular weight is 337 g/mol. The minimum absolute atomic E-state index is 0.140. The van der Waals surface area contributed by atoms with Crippen LogP contribution >= 0.6 is 0 Å². The molecule has 24 heavy (non-hydrogen) atoms. The zero-order valence-corrected chi connectivity index (χ0v) is 16.3. The molecular formula is C22H40O2. The van der Waals surface area contributed by atoms with Gasteiger partial charge in [-0.05, 0) is 38.5 Å². The molecule has 2 unspecified atom stereocenters. The minimum Gasteiger partial charge on any atom is -0.459 e. The summed E-state index contributed by atoms with van der Waals surface area (Å²) in [6, 6.07) is 0. The Morgan fingerprint density at radius 1 is 0.917 bits per heavy atom. The van der Waals surface area contributed by atoms with Crippen LogP contribution in [0.3, 0.4) is 0 Å². The van der Waals surface area contributed by atoms with Gasteiger partial charge in [0.1, 0.15) is 6.10 Å². The summed E-state index contributed by atoms with van der Waals surface area (Å²) in [7, 11) is 0. The molecular weight excluding hydrogens is 296 g/mol. The Morgan fingerprint density at radius 3 is 2.04 bits per heavy atom. The molecule has 2 atom stereocenters. The summed E-state index contributed by atoms with van der Waals surface area (Å²) < 4.78 is 5.67. The molecule has 0 spiro atoms. The van der Waals surface area contributed by atoms with Crippen LogP contribution in [0.2, 0.25) is 0 Å². The molecule has 0 bridgehead atoms. The van der Waals surface area contributed by atoms with Gasteiger partial charge < -0.3 is 4.74 Å². The molecule has 1 saturated carbocycles. The van der Waals surface area contributed by atoms with E-state index >= 15 is 0 Å². The van der Waals surface area contributed by atoms with Gasteiger partial charge in [-0.15, -0.1) is 0 Å². The summed E-state index contributed by atoms with van der Waals surface area (Å²) in [5, 5.41) is 0. The third-order valence-electron chi connectivity index (χ3n) is 5.37. The Labute approximate surface area is 150 Å². The van der Waals surface area contributed by atoms with E-state index in [0.29, 0.717) is 11.5 Å². The highest BCUT2D eigenvalue weighted by molar-refractivity contribution is 5.87. The van der Waals surface area contributed by atoms with Crippen molar-refractivity contribution >= 4 is 5.97 Å². The molecule has 1 aliphatic carbocycles. The number of esters is 1. The summed E-state index contributed by atoms with van der Waals surface area (Å²) in [4.78, 5) is 11.8. The topological polar surface area (TPSA) is 26.3 Å². The highest BCUT2D eigenvalue weighted by atomic mass is 16.5. The molecule has 1 rings (SSSR count). The number of carbonyl (C=O) groups excluding carboxylic acids is 1. The van der Waals surface area contributed by atoms with E-state index in [1.165, 1.54) is 89.9 Å². The lowest BCUT2D eigenvalue weighted by molar-refractivity contribution is -0.148. The van der Waals surface area contributed by atoms with Crippen molar-refractivity contribution in [3.05, 3.63) is 12.2 Å². The van der Waals surface area contributed by atoms with Gasteiger partial charge in [0.15, 0.2) is 0 Å². The summed E-state index contributed by atoms with van der Waals surface area (Å²) in [5.41, 5.74) is 0.526. The normalized spacial score (nSPS) is 20.8. The highest BCUT2D eigenvalue weighted by Gasteiger charge is 2.27. The molecule has 0 aromatic rings. The molecule has 140 valence electrons. The maximum atomic E-state index is 11.8. The first-order chi connectivity index (χ1) is 11.6. The zero-order valence-electron chi connectivity index (χ0n) is 16.3. The quantitative estimate of drug-likeness (QED) is 0.206. The number of rotatable bonds is 13. The van der Waals surface area contributed by atoms with Gasteiger partial charge in [-0.25, -0.2) is 4.79 Å².